The minimum absolute atomic E-state index is 0. The summed E-state index contributed by atoms with van der Waals surface area (Å²) in [6.07, 6.45) is 0.205. The van der Waals surface area contributed by atoms with Crippen LogP contribution in [0.1, 0.15) is 5.56 Å². The van der Waals surface area contributed by atoms with Gasteiger partial charge >= 0.3 is 5.97 Å². The molecular weight excluding hydrogens is 524 g/mol. The van der Waals surface area contributed by atoms with Gasteiger partial charge in [-0.05, 0) is 49.4 Å². The normalized spacial score (nSPS) is 11.4. The monoisotopic (exact) mass is 543 g/mol. The van der Waals surface area contributed by atoms with Gasteiger partial charge in [0.1, 0.15) is 11.6 Å². The average molecular weight is 545 g/mol. The number of rotatable bonds is 7. The summed E-state index contributed by atoms with van der Waals surface area (Å²) in [5.74, 6) is -0.0278. The van der Waals surface area contributed by atoms with Gasteiger partial charge in [-0.1, -0.05) is 41.4 Å². The topological polar surface area (TPSA) is 111 Å². The second-order valence-electron chi connectivity index (χ2n) is 7.13. The number of nitrogen functional groups attached to an aromatic ring is 1. The lowest BCUT2D eigenvalue weighted by molar-refractivity contribution is -0.139. The number of carboxylic acids is 1. The van der Waals surface area contributed by atoms with Gasteiger partial charge in [-0.25, -0.2) is 4.98 Å². The number of ether oxygens (including phenoxy) is 1. The molecule has 0 aliphatic rings. The Morgan fingerprint density at radius 1 is 1.15 bits per heavy atom. The van der Waals surface area contributed by atoms with Gasteiger partial charge in [0.25, 0.3) is 0 Å². The number of benzene rings is 3. The van der Waals surface area contributed by atoms with Crippen molar-refractivity contribution in [2.24, 2.45) is 0 Å². The van der Waals surface area contributed by atoms with Crippen LogP contribution in [-0.4, -0.2) is 29.1 Å². The molecule has 0 amide bonds. The van der Waals surface area contributed by atoms with E-state index >= 15 is 0 Å². The molecule has 0 fully saturated rings. The van der Waals surface area contributed by atoms with Crippen molar-refractivity contribution in [3.8, 4) is 23.0 Å². The standard InChI is InChI=1S/C23H19Cl2N3O4.2ClH/c1-27-18(23(29)30)9-12-7-15(24)20(16(25)8-12)31-19-11-14(26)10-17-21(19)32-22(28-17)13-5-3-2-4-6-13;;/h2-8,10-11,18,27H,9,26H2,1H3,(H,29,30);2*1H/t18-;;/m0../s1. The molecule has 1 atom stereocenters. The predicted octanol–water partition coefficient (Wildman–Crippen LogP) is 6.23. The van der Waals surface area contributed by atoms with Crippen LogP contribution in [0.2, 0.25) is 10.0 Å². The number of nitrogens with one attached hydrogen (secondary N) is 1. The van der Waals surface area contributed by atoms with Crippen LogP contribution in [0.15, 0.2) is 59.0 Å². The molecule has 4 N–H and O–H groups in total. The molecule has 180 valence electrons. The maximum absolute atomic E-state index is 11.3. The first-order chi connectivity index (χ1) is 15.4. The fourth-order valence-corrected chi connectivity index (χ4v) is 3.90. The molecule has 4 rings (SSSR count). The van der Waals surface area contributed by atoms with E-state index in [0.717, 1.165) is 5.56 Å². The zero-order valence-electron chi connectivity index (χ0n) is 17.7. The lowest BCUT2D eigenvalue weighted by Crippen LogP contribution is -2.35. The number of carbonyl (C=O) groups is 1. The molecule has 11 heteroatoms. The van der Waals surface area contributed by atoms with Crippen molar-refractivity contribution in [2.45, 2.75) is 12.5 Å². The second kappa shape index (κ2) is 11.6. The summed E-state index contributed by atoms with van der Waals surface area (Å²) >= 11 is 12.9. The Hall–Kier alpha value is -2.68. The van der Waals surface area contributed by atoms with Gasteiger partial charge in [0.15, 0.2) is 17.1 Å². The van der Waals surface area contributed by atoms with E-state index < -0.39 is 12.0 Å². The molecule has 0 radical (unpaired) electrons. The molecule has 0 bridgehead atoms. The highest BCUT2D eigenvalue weighted by molar-refractivity contribution is 6.37. The van der Waals surface area contributed by atoms with E-state index in [2.05, 4.69) is 10.3 Å². The van der Waals surface area contributed by atoms with E-state index in [1.54, 1.807) is 31.3 Å². The van der Waals surface area contributed by atoms with Crippen LogP contribution < -0.4 is 15.8 Å². The Bertz CT molecular complexity index is 1280. The number of hydrogen-bond acceptors (Lipinski definition) is 6. The Balaban J connectivity index is 0.00000204. The van der Waals surface area contributed by atoms with Crippen LogP contribution in [0, 0.1) is 0 Å². The number of halogens is 4. The maximum atomic E-state index is 11.3. The summed E-state index contributed by atoms with van der Waals surface area (Å²) in [4.78, 5) is 15.8. The molecule has 0 spiro atoms. The average Bonchev–Trinajstić information content (AvgIpc) is 3.19. The van der Waals surface area contributed by atoms with Gasteiger partial charge in [-0.2, -0.15) is 0 Å². The number of oxazole rings is 1. The van der Waals surface area contributed by atoms with Crippen LogP contribution >= 0.6 is 48.0 Å². The number of hydrogen-bond donors (Lipinski definition) is 3. The smallest absolute Gasteiger partial charge is 0.321 e. The molecule has 0 aliphatic carbocycles. The Morgan fingerprint density at radius 3 is 2.38 bits per heavy atom. The van der Waals surface area contributed by atoms with Crippen LogP contribution in [0.25, 0.3) is 22.6 Å². The van der Waals surface area contributed by atoms with Gasteiger partial charge in [0.2, 0.25) is 5.89 Å². The molecule has 1 heterocycles. The zero-order chi connectivity index (χ0) is 22.8. The Kier molecular flexibility index (Phi) is 9.44. The summed E-state index contributed by atoms with van der Waals surface area (Å²) in [6, 6.07) is 15.2. The Morgan fingerprint density at radius 2 is 1.79 bits per heavy atom. The highest BCUT2D eigenvalue weighted by Gasteiger charge is 2.20. The van der Waals surface area contributed by atoms with Crippen molar-refractivity contribution >= 4 is 70.8 Å². The third kappa shape index (κ3) is 5.87. The van der Waals surface area contributed by atoms with Crippen molar-refractivity contribution in [2.75, 3.05) is 12.8 Å². The minimum atomic E-state index is -0.971. The molecular formula is C23H21Cl4N3O4. The van der Waals surface area contributed by atoms with E-state index in [0.29, 0.717) is 34.0 Å². The molecule has 1 aromatic heterocycles. The van der Waals surface area contributed by atoms with E-state index in [-0.39, 0.29) is 47.0 Å². The van der Waals surface area contributed by atoms with E-state index in [9.17, 15) is 9.90 Å². The third-order valence-electron chi connectivity index (χ3n) is 4.86. The summed E-state index contributed by atoms with van der Waals surface area (Å²) in [5, 5.41) is 12.4. The molecule has 0 saturated heterocycles. The van der Waals surface area contributed by atoms with Gasteiger partial charge in [-0.15, -0.1) is 24.8 Å². The van der Waals surface area contributed by atoms with Gasteiger partial charge in [0.05, 0.1) is 10.0 Å². The molecule has 34 heavy (non-hydrogen) atoms. The number of fused-ring (bicyclic) bond motifs is 1. The fourth-order valence-electron chi connectivity index (χ4n) is 3.29. The number of anilines is 1. The molecule has 0 saturated carbocycles. The first-order valence-corrected chi connectivity index (χ1v) is 10.4. The highest BCUT2D eigenvalue weighted by atomic mass is 35.5. The number of nitrogens with zero attached hydrogens (tertiary/aromatic N) is 1. The SMILES string of the molecule is CN[C@@H](Cc1cc(Cl)c(Oc2cc(N)cc3nc(-c4ccccc4)oc23)c(Cl)c1)C(=O)O.Cl.Cl. The van der Waals surface area contributed by atoms with Crippen LogP contribution in [0.5, 0.6) is 11.5 Å². The first-order valence-electron chi connectivity index (χ1n) is 9.67. The molecule has 0 aliphatic heterocycles. The first kappa shape index (κ1) is 27.6. The summed E-state index contributed by atoms with van der Waals surface area (Å²) in [5.41, 5.74) is 8.86. The van der Waals surface area contributed by atoms with Gasteiger partial charge in [-0.3, -0.25) is 4.79 Å². The van der Waals surface area contributed by atoms with Crippen molar-refractivity contribution in [3.63, 3.8) is 0 Å². The van der Waals surface area contributed by atoms with Crippen molar-refractivity contribution in [3.05, 3.63) is 70.2 Å². The quantitative estimate of drug-likeness (QED) is 0.236. The van der Waals surface area contributed by atoms with E-state index in [4.69, 9.17) is 38.1 Å². The van der Waals surface area contributed by atoms with Crippen molar-refractivity contribution in [1.29, 1.82) is 0 Å². The van der Waals surface area contributed by atoms with Crippen LogP contribution in [-0.2, 0) is 11.2 Å². The highest BCUT2D eigenvalue weighted by Crippen LogP contribution is 2.41. The van der Waals surface area contributed by atoms with Crippen LogP contribution in [0.4, 0.5) is 5.69 Å². The van der Waals surface area contributed by atoms with E-state index in [1.165, 1.54) is 0 Å². The van der Waals surface area contributed by atoms with E-state index in [1.807, 2.05) is 30.3 Å². The summed E-state index contributed by atoms with van der Waals surface area (Å²) in [6.45, 7) is 0. The van der Waals surface area contributed by atoms with Crippen molar-refractivity contribution in [1.82, 2.24) is 10.3 Å². The number of likely N-dealkylation sites (N-methyl/N-ethyl adjacent to an activating group) is 1. The molecule has 7 nitrogen and oxygen atoms in total. The third-order valence-corrected chi connectivity index (χ3v) is 5.42. The Labute approximate surface area is 218 Å². The number of aliphatic carboxylic acids is 1. The lowest BCUT2D eigenvalue weighted by atomic mass is 10.1. The maximum Gasteiger partial charge on any atom is 0.321 e. The molecule has 0 unspecified atom stereocenters. The van der Waals surface area contributed by atoms with Crippen LogP contribution in [0.3, 0.4) is 0 Å². The fraction of sp³-hybridized carbons (Fsp3) is 0.130. The minimum Gasteiger partial charge on any atom is -0.480 e. The number of nitrogens with two attached hydrogens (primary N) is 1. The molecule has 4 aromatic rings. The van der Waals surface area contributed by atoms with Gasteiger partial charge in [0, 0.05) is 17.3 Å². The van der Waals surface area contributed by atoms with Gasteiger partial charge < -0.3 is 25.3 Å². The summed E-state index contributed by atoms with van der Waals surface area (Å²) < 4.78 is 12.0. The largest absolute Gasteiger partial charge is 0.480 e. The number of aromatic nitrogens is 1. The lowest BCUT2D eigenvalue weighted by Gasteiger charge is -2.14. The zero-order valence-corrected chi connectivity index (χ0v) is 20.9. The second-order valence-corrected chi connectivity index (χ2v) is 7.94. The predicted molar refractivity (Wildman–Crippen MR) is 139 cm³/mol. The molecule has 3 aromatic carbocycles. The summed E-state index contributed by atoms with van der Waals surface area (Å²) in [7, 11) is 1.58. The van der Waals surface area contributed by atoms with Crippen molar-refractivity contribution < 1.29 is 19.1 Å². The number of carboxylic acid groups (broad SMARTS) is 1.